The van der Waals surface area contributed by atoms with Crippen molar-refractivity contribution < 1.29 is 24.6 Å². The van der Waals surface area contributed by atoms with E-state index in [0.717, 1.165) is 0 Å². The smallest absolute Gasteiger partial charge is 0.147 e. The maximum absolute atomic E-state index is 10.2. The second-order valence-corrected chi connectivity index (χ2v) is 42.7. The molecule has 2 N–H and O–H groups in total. The first kappa shape index (κ1) is 26.0. The van der Waals surface area contributed by atoms with Crippen molar-refractivity contribution in [2.75, 3.05) is 13.7 Å². The predicted octanol–water partition coefficient (Wildman–Crippen LogP) is 4.70. The largest absolute Gasteiger partial charge is 0.147 e. The van der Waals surface area contributed by atoms with Gasteiger partial charge in [-0.15, -0.1) is 24.8 Å². The average molecular weight is 523 g/mol. The minimum atomic E-state index is -4.69. The number of hydrogen-bond donors (Lipinski definition) is 2. The molecule has 1 aliphatic carbocycles. The summed E-state index contributed by atoms with van der Waals surface area (Å²) in [5.41, 5.74) is 5.13. The first-order chi connectivity index (χ1) is 12.0. The zero-order valence-corrected chi connectivity index (χ0v) is 23.0. The van der Waals surface area contributed by atoms with Gasteiger partial charge in [-0.05, 0) is 0 Å². The molecular weight excluding hydrogens is 488 g/mol. The van der Waals surface area contributed by atoms with Crippen LogP contribution in [0.5, 0.6) is 0 Å². The van der Waals surface area contributed by atoms with Gasteiger partial charge in [0.2, 0.25) is 0 Å². The fourth-order valence-corrected chi connectivity index (χ4v) is 29.1. The van der Waals surface area contributed by atoms with E-state index in [4.69, 9.17) is 2.81 Å². The normalized spacial score (nSPS) is 16.1. The van der Waals surface area contributed by atoms with Crippen molar-refractivity contribution >= 4 is 31.7 Å². The van der Waals surface area contributed by atoms with Crippen molar-refractivity contribution in [3.8, 4) is 11.1 Å². The molecule has 0 aromatic heterocycles. The Balaban J connectivity index is 0.00000196. The van der Waals surface area contributed by atoms with Gasteiger partial charge in [-0.1, -0.05) is 0 Å². The molecule has 0 saturated heterocycles. The van der Waals surface area contributed by atoms with Crippen LogP contribution in [0.4, 0.5) is 0 Å². The molecule has 28 heavy (non-hydrogen) atoms. The Morgan fingerprint density at radius 2 is 1.43 bits per heavy atom. The maximum Gasteiger partial charge on any atom is -0.147 e. The standard InChI is InChI=1S/C13H9.C4H10N.C2H5O.CH3O.CH3.2ClH.H2Si.Zr/c1-3-7-12-10(5-1)9-11-6-2-4-8-13(11)12;1-4(2,3)5;1-2-3;1-2;;;;;/h1-9H;5H,1-3H3;3H,1-2H2;1H3;1H3;2*1H;1H2;/q;-1;;-1;;;;;+2. The molecule has 0 amide bonds. The number of benzene rings is 2. The third-order valence-corrected chi connectivity index (χ3v) is 31.6. The molecule has 0 radical (unpaired) electrons. The first-order valence-corrected chi connectivity index (χ1v) is 23.2. The Hall–Kier alpha value is -0.000000000000000333. The van der Waals surface area contributed by atoms with Crippen molar-refractivity contribution in [1.29, 1.82) is 0 Å². The van der Waals surface area contributed by atoms with Gasteiger partial charge in [-0.2, -0.15) is 0 Å². The monoisotopic (exact) mass is 520 g/mol. The Bertz CT molecular complexity index is 914. The van der Waals surface area contributed by atoms with Gasteiger partial charge in [-0.25, -0.2) is 0 Å². The molecule has 0 saturated carbocycles. The van der Waals surface area contributed by atoms with Crippen LogP contribution in [0.2, 0.25) is 8.76 Å². The van der Waals surface area contributed by atoms with Crippen LogP contribution >= 0.6 is 24.8 Å². The second kappa shape index (κ2) is 7.92. The summed E-state index contributed by atoms with van der Waals surface area (Å²) in [6.45, 7) is 8.74. The summed E-state index contributed by atoms with van der Waals surface area (Å²) < 4.78 is 13.9. The van der Waals surface area contributed by atoms with Crippen LogP contribution in [0.3, 0.4) is 0 Å². The first-order valence-electron chi connectivity index (χ1n) is 9.41. The zero-order chi connectivity index (χ0) is 19.3. The number of nitrogens with one attached hydrogen (secondary N) is 1. The van der Waals surface area contributed by atoms with E-state index in [1.165, 1.54) is 22.3 Å². The van der Waals surface area contributed by atoms with Crippen molar-refractivity contribution in [2.45, 2.75) is 38.7 Å². The topological polar surface area (TPSA) is 41.5 Å². The molecule has 7 heteroatoms. The molecule has 0 atom stereocenters. The Morgan fingerprint density at radius 3 is 1.79 bits per heavy atom. The molecule has 2 aromatic carbocycles. The SMILES string of the molecule is C[O][Zr]([CH3])(=[SiH2])([CH2]CO)([NH]C(C)(C)C)[CH]1c2ccccc2-c2ccccc21.Cl.Cl. The fraction of sp³-hybridized carbons (Fsp3) is 0.429. The molecule has 3 rings (SSSR count). The van der Waals surface area contributed by atoms with Crippen molar-refractivity contribution in [3.05, 3.63) is 59.7 Å². The molecule has 0 aliphatic heterocycles. The molecular formula is C21H34Cl2NO2SiZr. The molecule has 0 spiro atoms. The summed E-state index contributed by atoms with van der Waals surface area (Å²) in [7, 11) is 1.85. The molecule has 0 heterocycles. The Labute approximate surface area is 181 Å². The van der Waals surface area contributed by atoms with Gasteiger partial charge in [0.25, 0.3) is 0 Å². The van der Waals surface area contributed by atoms with E-state index >= 15 is 0 Å². The van der Waals surface area contributed by atoms with Gasteiger partial charge in [0.15, 0.2) is 0 Å². The van der Waals surface area contributed by atoms with Gasteiger partial charge in [0.1, 0.15) is 0 Å². The molecule has 1 aliphatic rings. The fourth-order valence-electron chi connectivity index (χ4n) is 5.37. The van der Waals surface area contributed by atoms with E-state index in [2.05, 4.69) is 77.2 Å². The van der Waals surface area contributed by atoms with Crippen LogP contribution in [0, 0.1) is 0 Å². The molecule has 2 aromatic rings. The third kappa shape index (κ3) is 4.09. The van der Waals surface area contributed by atoms with Crippen LogP contribution in [-0.4, -0.2) is 31.2 Å². The van der Waals surface area contributed by atoms with Crippen LogP contribution in [0.25, 0.3) is 11.1 Å². The number of hydrogen-bond acceptors (Lipinski definition) is 3. The molecule has 157 valence electrons. The van der Waals surface area contributed by atoms with Crippen LogP contribution in [-0.2, 0) is 19.5 Å². The maximum atomic E-state index is 10.2. The number of halogens is 2. The summed E-state index contributed by atoms with van der Waals surface area (Å²) in [5, 5.41) is 10.2. The van der Waals surface area contributed by atoms with Gasteiger partial charge in [0.05, 0.1) is 0 Å². The minimum absolute atomic E-state index is 0. The van der Waals surface area contributed by atoms with Crippen molar-refractivity contribution in [2.24, 2.45) is 0 Å². The third-order valence-electron chi connectivity index (χ3n) is 6.22. The van der Waals surface area contributed by atoms with Gasteiger partial charge < -0.3 is 0 Å². The van der Waals surface area contributed by atoms with Gasteiger partial charge in [0, 0.05) is 0 Å². The van der Waals surface area contributed by atoms with E-state index in [1.807, 2.05) is 14.0 Å². The zero-order valence-electron chi connectivity index (χ0n) is 17.5. The summed E-state index contributed by atoms with van der Waals surface area (Å²) in [6, 6.07) is 17.4. The Morgan fingerprint density at radius 1 is 1.00 bits per heavy atom. The number of aliphatic hydroxyl groups is 1. The Kier molecular flexibility index (Phi) is 7.37. The van der Waals surface area contributed by atoms with Crippen LogP contribution in [0.1, 0.15) is 35.5 Å². The molecule has 3 nitrogen and oxygen atoms in total. The second-order valence-electron chi connectivity index (χ2n) is 9.77. The number of rotatable bonds is 5. The van der Waals surface area contributed by atoms with E-state index in [0.29, 0.717) is 4.13 Å². The van der Waals surface area contributed by atoms with E-state index in [9.17, 15) is 5.11 Å². The molecule has 0 fully saturated rings. The van der Waals surface area contributed by atoms with E-state index in [1.54, 1.807) is 0 Å². The average Bonchev–Trinajstić information content (AvgIpc) is 2.89. The quantitative estimate of drug-likeness (QED) is 0.560. The van der Waals surface area contributed by atoms with Crippen LogP contribution in [0.15, 0.2) is 48.5 Å². The summed E-state index contributed by atoms with van der Waals surface area (Å²) in [6.07, 6.45) is 0. The summed E-state index contributed by atoms with van der Waals surface area (Å²) in [4.78, 5) is 0. The van der Waals surface area contributed by atoms with Gasteiger partial charge >= 0.3 is 158 Å². The molecule has 0 bridgehead atoms. The number of aliphatic hydroxyl groups excluding tert-OH is 1. The molecule has 0 unspecified atom stereocenters. The van der Waals surface area contributed by atoms with Crippen LogP contribution < -0.4 is 3.26 Å². The summed E-state index contributed by atoms with van der Waals surface area (Å²) >= 11 is -4.69. The van der Waals surface area contributed by atoms with E-state index < -0.39 is 16.6 Å². The summed E-state index contributed by atoms with van der Waals surface area (Å²) in [5.74, 6) is 0. The minimum Gasteiger partial charge on any atom is -0.147 e. The number of fused-ring (bicyclic) bond motifs is 3. The van der Waals surface area contributed by atoms with E-state index in [-0.39, 0.29) is 40.6 Å². The predicted molar refractivity (Wildman–Crippen MR) is 124 cm³/mol. The van der Waals surface area contributed by atoms with Gasteiger partial charge in [-0.3, -0.25) is 0 Å². The van der Waals surface area contributed by atoms with Crippen molar-refractivity contribution in [1.82, 2.24) is 3.26 Å². The van der Waals surface area contributed by atoms with Crippen molar-refractivity contribution in [3.63, 3.8) is 0 Å².